The standard InChI is InChI=1S/C13H16BrNO4/c1-17-10-2-3-11(14)9(6-10)7-15-13(16)12-8-18-4-5-19-12/h2-3,6,12H,4-5,7-8H2,1H3,(H,15,16). The van der Waals surface area contributed by atoms with Crippen molar-refractivity contribution in [2.24, 2.45) is 0 Å². The summed E-state index contributed by atoms with van der Waals surface area (Å²) in [5.74, 6) is 0.596. The maximum Gasteiger partial charge on any atom is 0.251 e. The number of hydrogen-bond donors (Lipinski definition) is 1. The minimum Gasteiger partial charge on any atom is -0.497 e. The van der Waals surface area contributed by atoms with Crippen LogP contribution in [-0.4, -0.2) is 38.9 Å². The van der Waals surface area contributed by atoms with Gasteiger partial charge in [0.1, 0.15) is 5.75 Å². The lowest BCUT2D eigenvalue weighted by atomic mass is 10.2. The summed E-state index contributed by atoms with van der Waals surface area (Å²) in [4.78, 5) is 11.9. The Kier molecular flexibility index (Phi) is 5.18. The summed E-state index contributed by atoms with van der Waals surface area (Å²) in [6, 6.07) is 5.62. The largest absolute Gasteiger partial charge is 0.497 e. The first-order chi connectivity index (χ1) is 9.20. The number of nitrogens with one attached hydrogen (secondary N) is 1. The number of rotatable bonds is 4. The zero-order chi connectivity index (χ0) is 13.7. The third-order valence-corrected chi connectivity index (χ3v) is 3.59. The van der Waals surface area contributed by atoms with Crippen LogP contribution in [-0.2, 0) is 20.8 Å². The maximum atomic E-state index is 11.9. The van der Waals surface area contributed by atoms with Crippen molar-refractivity contribution in [3.8, 4) is 5.75 Å². The van der Waals surface area contributed by atoms with Gasteiger partial charge in [0.15, 0.2) is 6.10 Å². The number of carbonyl (C=O) groups excluding carboxylic acids is 1. The minimum atomic E-state index is -0.516. The second-order valence-electron chi connectivity index (χ2n) is 4.11. The highest BCUT2D eigenvalue weighted by atomic mass is 79.9. The molecule has 1 atom stereocenters. The van der Waals surface area contributed by atoms with Gasteiger partial charge in [0.25, 0.3) is 5.91 Å². The lowest BCUT2D eigenvalue weighted by Gasteiger charge is -2.22. The van der Waals surface area contributed by atoms with Gasteiger partial charge in [0.2, 0.25) is 0 Å². The molecule has 1 fully saturated rings. The fourth-order valence-electron chi connectivity index (χ4n) is 1.75. The van der Waals surface area contributed by atoms with Gasteiger partial charge < -0.3 is 19.5 Å². The third-order valence-electron chi connectivity index (χ3n) is 2.81. The average molecular weight is 330 g/mol. The van der Waals surface area contributed by atoms with E-state index in [9.17, 15) is 4.79 Å². The summed E-state index contributed by atoms with van der Waals surface area (Å²) >= 11 is 3.44. The molecular weight excluding hydrogens is 314 g/mol. The van der Waals surface area contributed by atoms with Crippen molar-refractivity contribution in [3.05, 3.63) is 28.2 Å². The van der Waals surface area contributed by atoms with Crippen LogP contribution in [0.3, 0.4) is 0 Å². The molecule has 1 heterocycles. The number of ether oxygens (including phenoxy) is 3. The molecule has 0 spiro atoms. The summed E-state index contributed by atoms with van der Waals surface area (Å²) in [5, 5.41) is 2.83. The van der Waals surface area contributed by atoms with Crippen molar-refractivity contribution in [2.75, 3.05) is 26.9 Å². The molecule has 5 nitrogen and oxygen atoms in total. The van der Waals surface area contributed by atoms with Gasteiger partial charge in [-0.15, -0.1) is 0 Å². The van der Waals surface area contributed by atoms with Crippen LogP contribution in [0.4, 0.5) is 0 Å². The van der Waals surface area contributed by atoms with Gasteiger partial charge in [-0.2, -0.15) is 0 Å². The molecule has 0 aromatic heterocycles. The highest BCUT2D eigenvalue weighted by molar-refractivity contribution is 9.10. The molecule has 6 heteroatoms. The molecule has 0 aliphatic carbocycles. The first kappa shape index (κ1) is 14.3. The minimum absolute atomic E-state index is 0.158. The summed E-state index contributed by atoms with van der Waals surface area (Å²) in [6.45, 7) is 1.73. The van der Waals surface area contributed by atoms with E-state index in [1.54, 1.807) is 7.11 Å². The Morgan fingerprint density at radius 3 is 3.05 bits per heavy atom. The van der Waals surface area contributed by atoms with Crippen LogP contribution < -0.4 is 10.1 Å². The maximum absolute atomic E-state index is 11.9. The fourth-order valence-corrected chi connectivity index (χ4v) is 2.14. The third kappa shape index (κ3) is 3.92. The normalized spacial score (nSPS) is 18.9. The summed E-state index contributed by atoms with van der Waals surface area (Å²) in [7, 11) is 1.61. The molecule has 1 N–H and O–H groups in total. The summed E-state index contributed by atoms with van der Waals surface area (Å²) < 4.78 is 16.6. The van der Waals surface area contributed by atoms with E-state index in [0.717, 1.165) is 15.8 Å². The van der Waals surface area contributed by atoms with Crippen LogP contribution >= 0.6 is 15.9 Å². The van der Waals surface area contributed by atoms with E-state index >= 15 is 0 Å². The summed E-state index contributed by atoms with van der Waals surface area (Å²) in [5.41, 5.74) is 0.949. The number of hydrogen-bond acceptors (Lipinski definition) is 4. The lowest BCUT2D eigenvalue weighted by Crippen LogP contribution is -2.42. The molecule has 104 valence electrons. The Morgan fingerprint density at radius 1 is 1.53 bits per heavy atom. The first-order valence-electron chi connectivity index (χ1n) is 6.00. The molecule has 0 saturated carbocycles. The molecule has 2 rings (SSSR count). The van der Waals surface area contributed by atoms with Crippen molar-refractivity contribution in [1.82, 2.24) is 5.32 Å². The Balaban J connectivity index is 1.92. The number of carbonyl (C=O) groups is 1. The lowest BCUT2D eigenvalue weighted by molar-refractivity contribution is -0.147. The van der Waals surface area contributed by atoms with E-state index in [-0.39, 0.29) is 5.91 Å². The van der Waals surface area contributed by atoms with E-state index in [4.69, 9.17) is 14.2 Å². The summed E-state index contributed by atoms with van der Waals surface area (Å²) in [6.07, 6.45) is -0.516. The molecule has 0 bridgehead atoms. The Hall–Kier alpha value is -1.11. The quantitative estimate of drug-likeness (QED) is 0.909. The molecule has 1 aliphatic heterocycles. The van der Waals surface area contributed by atoms with Crippen LogP contribution in [0.2, 0.25) is 0 Å². The van der Waals surface area contributed by atoms with Crippen LogP contribution in [0.5, 0.6) is 5.75 Å². The van der Waals surface area contributed by atoms with Crippen molar-refractivity contribution in [2.45, 2.75) is 12.6 Å². The average Bonchev–Trinajstić information content (AvgIpc) is 2.47. The fraction of sp³-hybridized carbons (Fsp3) is 0.462. The van der Waals surface area contributed by atoms with Crippen molar-refractivity contribution in [1.29, 1.82) is 0 Å². The SMILES string of the molecule is COc1ccc(Br)c(CNC(=O)C2COCCO2)c1. The van der Waals surface area contributed by atoms with Gasteiger partial charge in [-0.3, -0.25) is 4.79 Å². The van der Waals surface area contributed by atoms with E-state index in [0.29, 0.717) is 26.4 Å². The molecule has 1 unspecified atom stereocenters. The van der Waals surface area contributed by atoms with Crippen LogP contribution in [0.25, 0.3) is 0 Å². The highest BCUT2D eigenvalue weighted by Crippen LogP contribution is 2.22. The smallest absolute Gasteiger partial charge is 0.251 e. The van der Waals surface area contributed by atoms with Gasteiger partial charge >= 0.3 is 0 Å². The molecule has 1 aliphatic rings. The molecule has 1 aromatic rings. The topological polar surface area (TPSA) is 56.8 Å². The highest BCUT2D eigenvalue weighted by Gasteiger charge is 2.22. The van der Waals surface area contributed by atoms with E-state index in [1.165, 1.54) is 0 Å². The van der Waals surface area contributed by atoms with Crippen molar-refractivity contribution in [3.63, 3.8) is 0 Å². The van der Waals surface area contributed by atoms with Crippen molar-refractivity contribution >= 4 is 21.8 Å². The number of methoxy groups -OCH3 is 1. The zero-order valence-corrected chi connectivity index (χ0v) is 12.2. The van der Waals surface area contributed by atoms with Crippen LogP contribution in [0.1, 0.15) is 5.56 Å². The van der Waals surface area contributed by atoms with E-state index < -0.39 is 6.10 Å². The van der Waals surface area contributed by atoms with Crippen LogP contribution in [0, 0.1) is 0 Å². The molecular formula is C13H16BrNO4. The predicted molar refractivity (Wildman–Crippen MR) is 73.1 cm³/mol. The van der Waals surface area contributed by atoms with Gasteiger partial charge in [0.05, 0.1) is 26.9 Å². The number of halogens is 1. The number of amides is 1. The Bertz CT molecular complexity index is 446. The van der Waals surface area contributed by atoms with Gasteiger partial charge in [-0.05, 0) is 23.8 Å². The molecule has 19 heavy (non-hydrogen) atoms. The second-order valence-corrected chi connectivity index (χ2v) is 4.96. The molecule has 1 aromatic carbocycles. The second kappa shape index (κ2) is 6.88. The predicted octanol–water partition coefficient (Wildman–Crippen LogP) is 1.49. The molecule has 1 saturated heterocycles. The zero-order valence-electron chi connectivity index (χ0n) is 10.6. The molecule has 1 amide bonds. The van der Waals surface area contributed by atoms with Gasteiger partial charge in [-0.1, -0.05) is 15.9 Å². The van der Waals surface area contributed by atoms with E-state index in [2.05, 4.69) is 21.2 Å². The monoisotopic (exact) mass is 329 g/mol. The Labute approximate surface area is 120 Å². The van der Waals surface area contributed by atoms with Crippen molar-refractivity contribution < 1.29 is 19.0 Å². The Morgan fingerprint density at radius 2 is 2.37 bits per heavy atom. The van der Waals surface area contributed by atoms with Crippen LogP contribution in [0.15, 0.2) is 22.7 Å². The van der Waals surface area contributed by atoms with Gasteiger partial charge in [0, 0.05) is 11.0 Å². The number of benzene rings is 1. The first-order valence-corrected chi connectivity index (χ1v) is 6.79. The molecule has 0 radical (unpaired) electrons. The van der Waals surface area contributed by atoms with Gasteiger partial charge in [-0.25, -0.2) is 0 Å². The van der Waals surface area contributed by atoms with E-state index in [1.807, 2.05) is 18.2 Å².